The maximum Gasteiger partial charge on any atom is 0.127 e. The Hall–Kier alpha value is -0.600. The van der Waals surface area contributed by atoms with Crippen molar-refractivity contribution in [3.05, 3.63) is 34.6 Å². The van der Waals surface area contributed by atoms with Gasteiger partial charge in [-0.25, -0.2) is 4.39 Å². The van der Waals surface area contributed by atoms with Crippen LogP contribution in [0.4, 0.5) is 4.39 Å². The van der Waals surface area contributed by atoms with Crippen LogP contribution < -0.4 is 5.32 Å². The lowest BCUT2D eigenvalue weighted by Gasteiger charge is -2.18. The molecule has 92 valence electrons. The summed E-state index contributed by atoms with van der Waals surface area (Å²) in [7, 11) is 0. The zero-order chi connectivity index (χ0) is 11.8. The van der Waals surface area contributed by atoms with Gasteiger partial charge in [-0.15, -0.1) is 0 Å². The van der Waals surface area contributed by atoms with Crippen molar-refractivity contribution in [2.45, 2.75) is 38.3 Å². The maximum atomic E-state index is 13.6. The predicted octanol–water partition coefficient (Wildman–Crippen LogP) is 3.76. The fraction of sp³-hybridized carbons (Fsp3) is 0.571. The molecule has 0 radical (unpaired) electrons. The molecule has 0 aliphatic heterocycles. The Labute approximate surface area is 106 Å². The Balaban J connectivity index is 1.63. The minimum absolute atomic E-state index is 0.160. The summed E-state index contributed by atoms with van der Waals surface area (Å²) in [4.78, 5) is 0. The lowest BCUT2D eigenvalue weighted by molar-refractivity contribution is 0.411. The van der Waals surface area contributed by atoms with Gasteiger partial charge in [0.2, 0.25) is 0 Å². The summed E-state index contributed by atoms with van der Waals surface area (Å²) in [5, 5.41) is 4.14. The van der Waals surface area contributed by atoms with Gasteiger partial charge in [0.1, 0.15) is 5.82 Å². The first-order valence-corrected chi connectivity index (χ1v) is 6.79. The molecular weight excluding hydrogens is 237 g/mol. The molecule has 1 N–H and O–H groups in total. The fourth-order valence-electron chi connectivity index (χ4n) is 2.54. The lowest BCUT2D eigenvalue weighted by Crippen LogP contribution is -2.32. The standard InChI is InChI=1S/C14H17ClFN/c15-12-5-6-13(16)11(7-12)8-17-14(9-1-2-9)10-3-4-10/h5-7,9-10,14,17H,1-4,8H2. The van der Waals surface area contributed by atoms with Crippen LogP contribution in [-0.2, 0) is 6.54 Å². The van der Waals surface area contributed by atoms with Gasteiger partial charge in [0.25, 0.3) is 0 Å². The highest BCUT2D eigenvalue weighted by Gasteiger charge is 2.40. The first-order chi connectivity index (χ1) is 8.24. The molecule has 0 saturated heterocycles. The number of benzene rings is 1. The Morgan fingerprint density at radius 3 is 2.47 bits per heavy atom. The van der Waals surface area contributed by atoms with E-state index in [2.05, 4.69) is 5.32 Å². The molecule has 2 aliphatic rings. The van der Waals surface area contributed by atoms with Gasteiger partial charge in [-0.2, -0.15) is 0 Å². The van der Waals surface area contributed by atoms with Gasteiger partial charge in [-0.3, -0.25) is 0 Å². The van der Waals surface area contributed by atoms with Crippen molar-refractivity contribution < 1.29 is 4.39 Å². The Bertz CT molecular complexity index is 401. The molecule has 1 aromatic carbocycles. The minimum atomic E-state index is -0.160. The smallest absolute Gasteiger partial charge is 0.127 e. The molecule has 3 rings (SSSR count). The third kappa shape index (κ3) is 2.80. The Morgan fingerprint density at radius 2 is 1.88 bits per heavy atom. The highest BCUT2D eigenvalue weighted by atomic mass is 35.5. The van der Waals surface area contributed by atoms with Crippen molar-refractivity contribution in [1.82, 2.24) is 5.32 Å². The fourth-order valence-corrected chi connectivity index (χ4v) is 2.73. The topological polar surface area (TPSA) is 12.0 Å². The molecular formula is C14H17ClFN. The molecule has 1 aromatic rings. The van der Waals surface area contributed by atoms with Crippen molar-refractivity contribution in [3.63, 3.8) is 0 Å². The van der Waals surface area contributed by atoms with Crippen LogP contribution in [-0.4, -0.2) is 6.04 Å². The maximum absolute atomic E-state index is 13.6. The summed E-state index contributed by atoms with van der Waals surface area (Å²) in [5.41, 5.74) is 0.684. The van der Waals surface area contributed by atoms with Crippen LogP contribution in [0.5, 0.6) is 0 Å². The highest BCUT2D eigenvalue weighted by Crippen LogP contribution is 2.44. The average Bonchev–Trinajstić information content (AvgIpc) is 3.14. The van der Waals surface area contributed by atoms with Crippen LogP contribution in [0.1, 0.15) is 31.2 Å². The van der Waals surface area contributed by atoms with Gasteiger partial charge in [0.05, 0.1) is 0 Å². The molecule has 2 aliphatic carbocycles. The van der Waals surface area contributed by atoms with Crippen molar-refractivity contribution in [2.75, 3.05) is 0 Å². The normalized spacial score (nSPS) is 19.9. The van der Waals surface area contributed by atoms with Crippen LogP contribution in [0, 0.1) is 17.7 Å². The summed E-state index contributed by atoms with van der Waals surface area (Å²) in [6.45, 7) is 0.601. The molecule has 0 unspecified atom stereocenters. The molecule has 1 nitrogen and oxygen atoms in total. The molecule has 2 fully saturated rings. The van der Waals surface area contributed by atoms with E-state index in [-0.39, 0.29) is 5.82 Å². The van der Waals surface area contributed by atoms with Gasteiger partial charge in [-0.05, 0) is 55.7 Å². The average molecular weight is 254 g/mol. The second kappa shape index (κ2) is 4.58. The summed E-state index contributed by atoms with van der Waals surface area (Å²) < 4.78 is 13.6. The largest absolute Gasteiger partial charge is 0.309 e. The molecule has 0 atom stereocenters. The number of hydrogen-bond acceptors (Lipinski definition) is 1. The van der Waals surface area contributed by atoms with E-state index < -0.39 is 0 Å². The monoisotopic (exact) mass is 253 g/mol. The lowest BCUT2D eigenvalue weighted by atomic mass is 10.1. The predicted molar refractivity (Wildman–Crippen MR) is 67.5 cm³/mol. The minimum Gasteiger partial charge on any atom is -0.309 e. The number of hydrogen-bond donors (Lipinski definition) is 1. The van der Waals surface area contributed by atoms with E-state index in [0.717, 1.165) is 11.8 Å². The van der Waals surface area contributed by atoms with E-state index in [4.69, 9.17) is 11.6 Å². The first kappa shape index (κ1) is 11.5. The van der Waals surface area contributed by atoms with Crippen molar-refractivity contribution in [3.8, 4) is 0 Å². The van der Waals surface area contributed by atoms with Gasteiger partial charge >= 0.3 is 0 Å². The van der Waals surface area contributed by atoms with Crippen LogP contribution in [0.3, 0.4) is 0 Å². The van der Waals surface area contributed by atoms with Crippen LogP contribution >= 0.6 is 11.6 Å². The summed E-state index contributed by atoms with van der Waals surface area (Å²) in [6.07, 6.45) is 5.36. The number of rotatable bonds is 5. The van der Waals surface area contributed by atoms with E-state index in [9.17, 15) is 4.39 Å². The molecule has 2 saturated carbocycles. The molecule has 0 aromatic heterocycles. The SMILES string of the molecule is Fc1ccc(Cl)cc1CNC(C1CC1)C1CC1. The summed E-state index contributed by atoms with van der Waals surface area (Å²) in [6, 6.07) is 5.37. The highest BCUT2D eigenvalue weighted by molar-refractivity contribution is 6.30. The second-order valence-corrected chi connectivity index (χ2v) is 5.75. The third-order valence-corrected chi connectivity index (χ3v) is 4.03. The van der Waals surface area contributed by atoms with Crippen molar-refractivity contribution in [1.29, 1.82) is 0 Å². The van der Waals surface area contributed by atoms with E-state index in [1.165, 1.54) is 31.7 Å². The number of halogens is 2. The Kier molecular flexibility index (Phi) is 3.10. The number of nitrogens with one attached hydrogen (secondary N) is 1. The van der Waals surface area contributed by atoms with Gasteiger partial charge in [0, 0.05) is 23.2 Å². The van der Waals surface area contributed by atoms with Crippen molar-refractivity contribution in [2.24, 2.45) is 11.8 Å². The molecule has 0 spiro atoms. The first-order valence-electron chi connectivity index (χ1n) is 6.41. The second-order valence-electron chi connectivity index (χ2n) is 5.32. The summed E-state index contributed by atoms with van der Waals surface area (Å²) >= 11 is 5.89. The van der Waals surface area contributed by atoms with Gasteiger partial charge in [-0.1, -0.05) is 11.6 Å². The van der Waals surface area contributed by atoms with E-state index in [1.54, 1.807) is 12.1 Å². The zero-order valence-corrected chi connectivity index (χ0v) is 10.5. The third-order valence-electron chi connectivity index (χ3n) is 3.80. The molecule has 0 amide bonds. The summed E-state index contributed by atoms with van der Waals surface area (Å²) in [5.74, 6) is 1.52. The van der Waals surface area contributed by atoms with Crippen molar-refractivity contribution >= 4 is 11.6 Å². The Morgan fingerprint density at radius 1 is 1.24 bits per heavy atom. The van der Waals surface area contributed by atoms with E-state index in [1.807, 2.05) is 0 Å². The van der Waals surface area contributed by atoms with Crippen LogP contribution in [0.15, 0.2) is 18.2 Å². The van der Waals surface area contributed by atoms with Gasteiger partial charge in [0.15, 0.2) is 0 Å². The van der Waals surface area contributed by atoms with E-state index in [0.29, 0.717) is 23.2 Å². The molecule has 17 heavy (non-hydrogen) atoms. The van der Waals surface area contributed by atoms with E-state index >= 15 is 0 Å². The van der Waals surface area contributed by atoms with Crippen LogP contribution in [0.25, 0.3) is 0 Å². The quantitative estimate of drug-likeness (QED) is 0.843. The molecule has 3 heteroatoms. The van der Waals surface area contributed by atoms with Gasteiger partial charge < -0.3 is 5.32 Å². The van der Waals surface area contributed by atoms with Crippen LogP contribution in [0.2, 0.25) is 5.02 Å². The zero-order valence-electron chi connectivity index (χ0n) is 9.76. The molecule has 0 bridgehead atoms. The molecule has 0 heterocycles.